The zero-order valence-corrected chi connectivity index (χ0v) is 10.6. The number of anilines is 2. The van der Waals surface area contributed by atoms with Crippen LogP contribution in [0.5, 0.6) is 0 Å². The van der Waals surface area contributed by atoms with E-state index < -0.39 is 0 Å². The molecule has 0 bridgehead atoms. The number of hydrogen-bond donors (Lipinski definition) is 2. The number of nitrogen functional groups attached to an aromatic ring is 1. The number of amides is 1. The summed E-state index contributed by atoms with van der Waals surface area (Å²) in [6.07, 6.45) is 4.71. The van der Waals surface area contributed by atoms with E-state index in [4.69, 9.17) is 5.73 Å². The number of nitrogens with one attached hydrogen (secondary N) is 1. The van der Waals surface area contributed by atoms with Crippen molar-refractivity contribution in [2.75, 3.05) is 11.1 Å². The van der Waals surface area contributed by atoms with Crippen LogP contribution in [0, 0.1) is 0 Å². The molecule has 0 atom stereocenters. The number of rotatable bonds is 2. The number of aromatic nitrogens is 2. The number of carbonyl (C=O) groups is 1. The predicted molar refractivity (Wildman–Crippen MR) is 78.3 cm³/mol. The SMILES string of the molecule is Nc1cnccc1C(=O)Nc1cccc2ncccc12. The van der Waals surface area contributed by atoms with Gasteiger partial charge in [-0.1, -0.05) is 6.07 Å². The van der Waals surface area contributed by atoms with Gasteiger partial charge in [-0.2, -0.15) is 0 Å². The van der Waals surface area contributed by atoms with Gasteiger partial charge < -0.3 is 11.1 Å². The van der Waals surface area contributed by atoms with Gasteiger partial charge >= 0.3 is 0 Å². The molecule has 3 aromatic rings. The number of pyridine rings is 2. The third-order valence-corrected chi connectivity index (χ3v) is 2.99. The van der Waals surface area contributed by atoms with Crippen LogP contribution in [0.4, 0.5) is 11.4 Å². The number of hydrogen-bond acceptors (Lipinski definition) is 4. The van der Waals surface area contributed by atoms with Crippen LogP contribution < -0.4 is 11.1 Å². The Morgan fingerprint density at radius 2 is 2.00 bits per heavy atom. The van der Waals surface area contributed by atoms with Gasteiger partial charge in [-0.15, -0.1) is 0 Å². The van der Waals surface area contributed by atoms with E-state index in [1.807, 2.05) is 30.3 Å². The van der Waals surface area contributed by atoms with Gasteiger partial charge in [0, 0.05) is 17.8 Å². The summed E-state index contributed by atoms with van der Waals surface area (Å²) >= 11 is 0. The van der Waals surface area contributed by atoms with E-state index in [9.17, 15) is 4.79 Å². The van der Waals surface area contributed by atoms with Gasteiger partial charge in [-0.05, 0) is 30.3 Å². The maximum Gasteiger partial charge on any atom is 0.257 e. The molecule has 3 N–H and O–H groups in total. The van der Waals surface area contributed by atoms with Gasteiger partial charge in [-0.25, -0.2) is 0 Å². The predicted octanol–water partition coefficient (Wildman–Crippen LogP) is 2.46. The number of carbonyl (C=O) groups excluding carboxylic acids is 1. The summed E-state index contributed by atoms with van der Waals surface area (Å²) < 4.78 is 0. The van der Waals surface area contributed by atoms with Crippen molar-refractivity contribution < 1.29 is 4.79 Å². The van der Waals surface area contributed by atoms with Crippen molar-refractivity contribution in [2.24, 2.45) is 0 Å². The highest BCUT2D eigenvalue weighted by atomic mass is 16.1. The van der Waals surface area contributed by atoms with Crippen molar-refractivity contribution >= 4 is 28.2 Å². The van der Waals surface area contributed by atoms with Gasteiger partial charge in [0.25, 0.3) is 5.91 Å². The van der Waals surface area contributed by atoms with Crippen molar-refractivity contribution in [1.82, 2.24) is 9.97 Å². The summed E-state index contributed by atoms with van der Waals surface area (Å²) in [6, 6.07) is 10.9. The quantitative estimate of drug-likeness (QED) is 0.745. The van der Waals surface area contributed by atoms with E-state index in [1.165, 1.54) is 12.4 Å². The second kappa shape index (κ2) is 4.97. The lowest BCUT2D eigenvalue weighted by Crippen LogP contribution is -2.14. The Hall–Kier alpha value is -2.95. The Bertz CT molecular complexity index is 780. The molecule has 5 heteroatoms. The standard InChI is InChI=1S/C15H12N4O/c16-12-9-17-8-6-10(12)15(20)19-14-5-1-4-13-11(14)3-2-7-18-13/h1-9H,16H2,(H,19,20). The lowest BCUT2D eigenvalue weighted by Gasteiger charge is -2.09. The highest BCUT2D eigenvalue weighted by Crippen LogP contribution is 2.22. The van der Waals surface area contributed by atoms with Crippen LogP contribution in [-0.4, -0.2) is 15.9 Å². The summed E-state index contributed by atoms with van der Waals surface area (Å²) in [5.74, 6) is -0.263. The highest BCUT2D eigenvalue weighted by molar-refractivity contribution is 6.10. The van der Waals surface area contributed by atoms with Gasteiger partial charge in [0.2, 0.25) is 0 Å². The van der Waals surface area contributed by atoms with E-state index in [1.54, 1.807) is 12.3 Å². The second-order valence-electron chi connectivity index (χ2n) is 4.29. The minimum absolute atomic E-state index is 0.263. The normalized spacial score (nSPS) is 10.4. The van der Waals surface area contributed by atoms with E-state index >= 15 is 0 Å². The molecule has 1 amide bonds. The van der Waals surface area contributed by atoms with E-state index in [2.05, 4.69) is 15.3 Å². The average molecular weight is 264 g/mol. The monoisotopic (exact) mass is 264 g/mol. The van der Waals surface area contributed by atoms with Crippen LogP contribution in [0.3, 0.4) is 0 Å². The molecule has 2 heterocycles. The maximum atomic E-state index is 12.2. The summed E-state index contributed by atoms with van der Waals surface area (Å²) in [5, 5.41) is 3.74. The molecular formula is C15H12N4O. The third kappa shape index (κ3) is 2.16. The molecule has 0 saturated heterocycles. The van der Waals surface area contributed by atoms with Crippen LogP contribution in [0.25, 0.3) is 10.9 Å². The molecular weight excluding hydrogens is 252 g/mol. The summed E-state index contributed by atoms with van der Waals surface area (Å²) in [4.78, 5) is 20.4. The molecule has 98 valence electrons. The van der Waals surface area contributed by atoms with Crippen molar-refractivity contribution in [3.05, 3.63) is 60.6 Å². The van der Waals surface area contributed by atoms with E-state index in [0.29, 0.717) is 16.9 Å². The number of fused-ring (bicyclic) bond motifs is 1. The van der Waals surface area contributed by atoms with Gasteiger partial charge in [0.15, 0.2) is 0 Å². The molecule has 2 aromatic heterocycles. The summed E-state index contributed by atoms with van der Waals surface area (Å²) in [5.41, 5.74) is 8.04. The molecule has 3 rings (SSSR count). The maximum absolute atomic E-state index is 12.2. The minimum Gasteiger partial charge on any atom is -0.397 e. The molecule has 0 saturated carbocycles. The Morgan fingerprint density at radius 3 is 2.85 bits per heavy atom. The third-order valence-electron chi connectivity index (χ3n) is 2.99. The lowest BCUT2D eigenvalue weighted by molar-refractivity contribution is 0.102. The molecule has 5 nitrogen and oxygen atoms in total. The number of nitrogens with two attached hydrogens (primary N) is 1. The molecule has 0 aliphatic rings. The highest BCUT2D eigenvalue weighted by Gasteiger charge is 2.11. The van der Waals surface area contributed by atoms with Crippen LogP contribution in [-0.2, 0) is 0 Å². The molecule has 0 spiro atoms. The van der Waals surface area contributed by atoms with Crippen LogP contribution >= 0.6 is 0 Å². The van der Waals surface area contributed by atoms with E-state index in [0.717, 1.165) is 10.9 Å². The largest absolute Gasteiger partial charge is 0.397 e. The first-order chi connectivity index (χ1) is 9.75. The minimum atomic E-state index is -0.263. The Morgan fingerprint density at radius 1 is 1.10 bits per heavy atom. The molecule has 0 radical (unpaired) electrons. The summed E-state index contributed by atoms with van der Waals surface area (Å²) in [6.45, 7) is 0. The Labute approximate surface area is 115 Å². The van der Waals surface area contributed by atoms with Crippen LogP contribution in [0.1, 0.15) is 10.4 Å². The second-order valence-corrected chi connectivity index (χ2v) is 4.29. The van der Waals surface area contributed by atoms with Crippen molar-refractivity contribution in [3.8, 4) is 0 Å². The molecule has 0 fully saturated rings. The van der Waals surface area contributed by atoms with Crippen molar-refractivity contribution in [1.29, 1.82) is 0 Å². The molecule has 0 aliphatic carbocycles. The molecule has 0 unspecified atom stereocenters. The van der Waals surface area contributed by atoms with Crippen molar-refractivity contribution in [2.45, 2.75) is 0 Å². The number of benzene rings is 1. The Kier molecular flexibility index (Phi) is 3.01. The topological polar surface area (TPSA) is 80.9 Å². The van der Waals surface area contributed by atoms with E-state index in [-0.39, 0.29) is 5.91 Å². The average Bonchev–Trinajstić information content (AvgIpc) is 2.48. The fourth-order valence-corrected chi connectivity index (χ4v) is 2.02. The Balaban J connectivity index is 1.98. The lowest BCUT2D eigenvalue weighted by atomic mass is 10.1. The molecule has 20 heavy (non-hydrogen) atoms. The fourth-order valence-electron chi connectivity index (χ4n) is 2.02. The van der Waals surface area contributed by atoms with Gasteiger partial charge in [-0.3, -0.25) is 14.8 Å². The molecule has 0 aliphatic heterocycles. The molecule has 1 aromatic carbocycles. The van der Waals surface area contributed by atoms with Crippen LogP contribution in [0.2, 0.25) is 0 Å². The van der Waals surface area contributed by atoms with Crippen LogP contribution in [0.15, 0.2) is 55.0 Å². The first kappa shape index (κ1) is 12.1. The van der Waals surface area contributed by atoms with Crippen molar-refractivity contribution in [3.63, 3.8) is 0 Å². The zero-order valence-electron chi connectivity index (χ0n) is 10.6. The zero-order chi connectivity index (χ0) is 13.9. The number of nitrogens with zero attached hydrogens (tertiary/aromatic N) is 2. The van der Waals surface area contributed by atoms with Gasteiger partial charge in [0.1, 0.15) is 0 Å². The fraction of sp³-hybridized carbons (Fsp3) is 0. The first-order valence-electron chi connectivity index (χ1n) is 6.10. The summed E-state index contributed by atoms with van der Waals surface area (Å²) in [7, 11) is 0. The first-order valence-corrected chi connectivity index (χ1v) is 6.10. The smallest absolute Gasteiger partial charge is 0.257 e. The van der Waals surface area contributed by atoms with Gasteiger partial charge in [0.05, 0.1) is 28.7 Å².